The van der Waals surface area contributed by atoms with Crippen molar-refractivity contribution in [2.24, 2.45) is 0 Å². The Labute approximate surface area is 174 Å². The predicted octanol–water partition coefficient (Wildman–Crippen LogP) is 4.59. The van der Waals surface area contributed by atoms with Gasteiger partial charge in [0.2, 0.25) is 0 Å². The first kappa shape index (κ1) is 20.1. The molecule has 146 valence electrons. The first-order valence-electron chi connectivity index (χ1n) is 9.12. The van der Waals surface area contributed by atoms with Gasteiger partial charge >= 0.3 is 0 Å². The van der Waals surface area contributed by atoms with E-state index in [0.29, 0.717) is 12.1 Å². The second-order valence-electron chi connectivity index (χ2n) is 7.17. The van der Waals surface area contributed by atoms with Crippen molar-refractivity contribution in [1.82, 2.24) is 14.7 Å². The smallest absolute Gasteiger partial charge is 0.253 e. The molecule has 3 aromatic rings. The van der Waals surface area contributed by atoms with Crippen LogP contribution in [0.3, 0.4) is 0 Å². The van der Waals surface area contributed by atoms with E-state index in [2.05, 4.69) is 50.2 Å². The molecule has 0 aliphatic carbocycles. The van der Waals surface area contributed by atoms with Crippen molar-refractivity contribution in [3.05, 3.63) is 75.5 Å². The topological polar surface area (TPSA) is 41.4 Å². The van der Waals surface area contributed by atoms with Gasteiger partial charge in [0.15, 0.2) is 0 Å². The zero-order chi connectivity index (χ0) is 20.4. The van der Waals surface area contributed by atoms with Crippen molar-refractivity contribution in [2.45, 2.75) is 20.4 Å². The molecule has 0 atom stereocenters. The number of aryl methyl sites for hydroxylation is 1. The highest BCUT2D eigenvalue weighted by Crippen LogP contribution is 2.23. The largest absolute Gasteiger partial charge is 0.378 e. The summed E-state index contributed by atoms with van der Waals surface area (Å²) in [6, 6.07) is 15.8. The third-order valence-corrected chi connectivity index (χ3v) is 5.93. The number of hydrogen-bond donors (Lipinski definition) is 0. The summed E-state index contributed by atoms with van der Waals surface area (Å²) < 4.78 is 2.89. The first-order valence-corrected chi connectivity index (χ1v) is 9.91. The molecule has 5 nitrogen and oxygen atoms in total. The molecule has 0 N–H and O–H groups in total. The molecule has 0 saturated heterocycles. The SMILES string of the molecule is Cc1nn(-c2ccc(C(=O)N(C)Cc3ccc(N(C)C)cc3)cc2)c(C)c1Br. The average molecular weight is 441 g/mol. The van der Waals surface area contributed by atoms with Gasteiger partial charge in [0.05, 0.1) is 21.5 Å². The van der Waals surface area contributed by atoms with Gasteiger partial charge in [-0.15, -0.1) is 0 Å². The van der Waals surface area contributed by atoms with E-state index in [0.717, 1.165) is 32.8 Å². The molecule has 0 unspecified atom stereocenters. The van der Waals surface area contributed by atoms with Crippen LogP contribution in [0.2, 0.25) is 0 Å². The lowest BCUT2D eigenvalue weighted by Crippen LogP contribution is -2.26. The fraction of sp³-hybridized carbons (Fsp3) is 0.273. The minimum atomic E-state index is -0.00205. The summed E-state index contributed by atoms with van der Waals surface area (Å²) >= 11 is 3.55. The van der Waals surface area contributed by atoms with E-state index < -0.39 is 0 Å². The van der Waals surface area contributed by atoms with Crippen LogP contribution in [-0.4, -0.2) is 41.7 Å². The van der Waals surface area contributed by atoms with E-state index in [1.165, 1.54) is 0 Å². The molecule has 0 saturated carbocycles. The van der Waals surface area contributed by atoms with Gasteiger partial charge in [-0.2, -0.15) is 5.10 Å². The lowest BCUT2D eigenvalue weighted by Gasteiger charge is -2.19. The van der Waals surface area contributed by atoms with Crippen LogP contribution >= 0.6 is 15.9 Å². The second kappa shape index (κ2) is 8.19. The standard InChI is InChI=1S/C22H25BrN4O/c1-15-21(23)16(2)27(24-15)20-12-8-18(9-13-20)22(28)26(5)14-17-6-10-19(11-7-17)25(3)4/h6-13H,14H2,1-5H3. The van der Waals surface area contributed by atoms with Crippen LogP contribution in [0.1, 0.15) is 27.3 Å². The number of amides is 1. The lowest BCUT2D eigenvalue weighted by atomic mass is 10.1. The Balaban J connectivity index is 1.72. The number of benzene rings is 2. The van der Waals surface area contributed by atoms with E-state index in [4.69, 9.17) is 0 Å². The van der Waals surface area contributed by atoms with Gasteiger partial charge < -0.3 is 9.80 Å². The predicted molar refractivity (Wildman–Crippen MR) is 117 cm³/mol. The van der Waals surface area contributed by atoms with Gasteiger partial charge in [-0.05, 0) is 71.7 Å². The van der Waals surface area contributed by atoms with Gasteiger partial charge in [0.25, 0.3) is 5.91 Å². The second-order valence-corrected chi connectivity index (χ2v) is 7.96. The zero-order valence-corrected chi connectivity index (χ0v) is 18.5. The summed E-state index contributed by atoms with van der Waals surface area (Å²) in [5.74, 6) is -0.00205. The minimum Gasteiger partial charge on any atom is -0.378 e. The molecule has 28 heavy (non-hydrogen) atoms. The van der Waals surface area contributed by atoms with Crippen LogP contribution in [0.25, 0.3) is 5.69 Å². The van der Waals surface area contributed by atoms with Crippen molar-refractivity contribution in [3.8, 4) is 5.69 Å². The molecule has 0 fully saturated rings. The molecule has 1 aromatic heterocycles. The average Bonchev–Trinajstić information content (AvgIpc) is 2.95. The Morgan fingerprint density at radius 2 is 1.61 bits per heavy atom. The molecule has 3 rings (SSSR count). The summed E-state index contributed by atoms with van der Waals surface area (Å²) in [5.41, 5.74) is 5.82. The number of nitrogens with zero attached hydrogens (tertiary/aromatic N) is 4. The Hall–Kier alpha value is -2.60. The van der Waals surface area contributed by atoms with Crippen molar-refractivity contribution >= 4 is 27.5 Å². The Kier molecular flexibility index (Phi) is 5.89. The fourth-order valence-corrected chi connectivity index (χ4v) is 3.33. The van der Waals surface area contributed by atoms with Crippen LogP contribution in [0.5, 0.6) is 0 Å². The number of halogens is 1. The zero-order valence-electron chi connectivity index (χ0n) is 16.9. The summed E-state index contributed by atoms with van der Waals surface area (Å²) in [6.07, 6.45) is 0. The normalized spacial score (nSPS) is 10.8. The first-order chi connectivity index (χ1) is 13.3. The maximum Gasteiger partial charge on any atom is 0.253 e. The number of hydrogen-bond acceptors (Lipinski definition) is 3. The van der Waals surface area contributed by atoms with E-state index in [1.54, 1.807) is 4.90 Å². The maximum atomic E-state index is 12.8. The minimum absolute atomic E-state index is 0.00205. The van der Waals surface area contributed by atoms with Crippen molar-refractivity contribution in [2.75, 3.05) is 26.0 Å². The number of rotatable bonds is 5. The number of aromatic nitrogens is 2. The van der Waals surface area contributed by atoms with Gasteiger partial charge in [0.1, 0.15) is 0 Å². The fourth-order valence-electron chi connectivity index (χ4n) is 3.09. The van der Waals surface area contributed by atoms with E-state index in [-0.39, 0.29) is 5.91 Å². The molecule has 0 bridgehead atoms. The van der Waals surface area contributed by atoms with E-state index in [9.17, 15) is 4.79 Å². The monoisotopic (exact) mass is 440 g/mol. The number of anilines is 1. The molecule has 0 aliphatic heterocycles. The molecule has 1 amide bonds. The molecule has 0 aliphatic rings. The van der Waals surface area contributed by atoms with E-state index in [1.807, 2.05) is 63.9 Å². The summed E-state index contributed by atoms with van der Waals surface area (Å²) in [5, 5.41) is 4.54. The Bertz CT molecular complexity index is 975. The molecule has 2 aromatic carbocycles. The van der Waals surface area contributed by atoms with Crippen LogP contribution in [0.15, 0.2) is 53.0 Å². The maximum absolute atomic E-state index is 12.8. The van der Waals surface area contributed by atoms with Crippen LogP contribution in [-0.2, 0) is 6.54 Å². The molecule has 6 heteroatoms. The third-order valence-electron chi connectivity index (χ3n) is 4.78. The summed E-state index contributed by atoms with van der Waals surface area (Å²) in [6.45, 7) is 4.54. The number of carbonyl (C=O) groups excluding carboxylic acids is 1. The van der Waals surface area contributed by atoms with Gasteiger partial charge in [0, 0.05) is 38.9 Å². The Morgan fingerprint density at radius 1 is 1.00 bits per heavy atom. The third kappa shape index (κ3) is 4.12. The van der Waals surface area contributed by atoms with Crippen molar-refractivity contribution < 1.29 is 4.79 Å². The molecule has 1 heterocycles. The summed E-state index contributed by atoms with van der Waals surface area (Å²) in [7, 11) is 5.85. The van der Waals surface area contributed by atoms with E-state index >= 15 is 0 Å². The molecule has 0 radical (unpaired) electrons. The van der Waals surface area contributed by atoms with Crippen LogP contribution < -0.4 is 4.90 Å². The van der Waals surface area contributed by atoms with Gasteiger partial charge in [-0.1, -0.05) is 12.1 Å². The van der Waals surface area contributed by atoms with Crippen LogP contribution in [0.4, 0.5) is 5.69 Å². The van der Waals surface area contributed by atoms with Crippen molar-refractivity contribution in [3.63, 3.8) is 0 Å². The quantitative estimate of drug-likeness (QED) is 0.582. The highest BCUT2D eigenvalue weighted by atomic mass is 79.9. The lowest BCUT2D eigenvalue weighted by molar-refractivity contribution is 0.0785. The van der Waals surface area contributed by atoms with Crippen LogP contribution in [0, 0.1) is 13.8 Å². The number of carbonyl (C=O) groups is 1. The highest BCUT2D eigenvalue weighted by Gasteiger charge is 2.14. The van der Waals surface area contributed by atoms with Crippen molar-refractivity contribution in [1.29, 1.82) is 0 Å². The Morgan fingerprint density at radius 3 is 2.11 bits per heavy atom. The summed E-state index contributed by atoms with van der Waals surface area (Å²) in [4.78, 5) is 16.6. The molecule has 0 spiro atoms. The molecular formula is C22H25BrN4O. The van der Waals surface area contributed by atoms with Gasteiger partial charge in [-0.3, -0.25) is 4.79 Å². The van der Waals surface area contributed by atoms with Gasteiger partial charge in [-0.25, -0.2) is 4.68 Å². The molecular weight excluding hydrogens is 416 g/mol. The highest BCUT2D eigenvalue weighted by molar-refractivity contribution is 9.10.